The van der Waals surface area contributed by atoms with E-state index >= 15 is 0 Å². The molecule has 0 saturated heterocycles. The lowest BCUT2D eigenvalue weighted by Crippen LogP contribution is -2.43. The fourth-order valence-electron chi connectivity index (χ4n) is 2.90. The van der Waals surface area contributed by atoms with Crippen molar-refractivity contribution < 1.29 is 28.3 Å². The Morgan fingerprint density at radius 3 is 2.86 bits per heavy atom. The Bertz CT molecular complexity index is 1050. The van der Waals surface area contributed by atoms with Crippen LogP contribution in [0.15, 0.2) is 34.3 Å². The lowest BCUT2D eigenvalue weighted by Gasteiger charge is -2.28. The number of carbonyl (C=O) groups is 2. The van der Waals surface area contributed by atoms with Gasteiger partial charge in [0.2, 0.25) is 5.43 Å². The molecule has 152 valence electrons. The number of rotatable bonds is 6. The second kappa shape index (κ2) is 8.09. The van der Waals surface area contributed by atoms with E-state index in [1.807, 2.05) is 0 Å². The number of amides is 2. The van der Waals surface area contributed by atoms with E-state index in [4.69, 9.17) is 4.84 Å². The molecule has 0 spiro atoms. The van der Waals surface area contributed by atoms with E-state index in [9.17, 15) is 28.3 Å². The number of halogens is 2. The molecule has 2 heterocycles. The zero-order chi connectivity index (χ0) is 21.1. The Kier molecular flexibility index (Phi) is 5.57. The number of nitrogens with zero attached hydrogens (tertiary/aromatic N) is 2. The number of hydrogen-bond acceptors (Lipinski definition) is 6. The summed E-state index contributed by atoms with van der Waals surface area (Å²) >= 11 is 0. The van der Waals surface area contributed by atoms with E-state index in [0.717, 1.165) is 18.3 Å². The maximum Gasteiger partial charge on any atom is 0.272 e. The molecule has 9 nitrogen and oxygen atoms in total. The third-order valence-electron chi connectivity index (χ3n) is 4.37. The second-order valence-electron chi connectivity index (χ2n) is 6.18. The van der Waals surface area contributed by atoms with Gasteiger partial charge in [0.15, 0.2) is 11.4 Å². The summed E-state index contributed by atoms with van der Waals surface area (Å²) in [6, 6.07) is 2.28. The van der Waals surface area contributed by atoms with Crippen LogP contribution in [0.2, 0.25) is 0 Å². The summed E-state index contributed by atoms with van der Waals surface area (Å²) in [6.07, 6.45) is 1.11. The van der Waals surface area contributed by atoms with Crippen molar-refractivity contribution in [2.75, 3.05) is 13.2 Å². The maximum absolute atomic E-state index is 13.7. The van der Waals surface area contributed by atoms with Crippen LogP contribution in [0, 0.1) is 11.6 Å². The fourth-order valence-corrected chi connectivity index (χ4v) is 2.90. The second-order valence-corrected chi connectivity index (χ2v) is 6.18. The molecule has 2 aromatic rings. The minimum atomic E-state index is -1.06. The van der Waals surface area contributed by atoms with Crippen LogP contribution >= 0.6 is 0 Å². The maximum atomic E-state index is 13.7. The summed E-state index contributed by atoms with van der Waals surface area (Å²) < 4.78 is 27.9. The number of oxime groups is 1. The van der Waals surface area contributed by atoms with Crippen molar-refractivity contribution in [2.24, 2.45) is 5.16 Å². The molecule has 11 heteroatoms. The van der Waals surface area contributed by atoms with Crippen LogP contribution in [-0.4, -0.2) is 41.4 Å². The van der Waals surface area contributed by atoms with Crippen molar-refractivity contribution >= 4 is 18.5 Å². The van der Waals surface area contributed by atoms with Gasteiger partial charge in [0.1, 0.15) is 23.8 Å². The van der Waals surface area contributed by atoms with E-state index in [1.165, 1.54) is 4.57 Å². The first-order chi connectivity index (χ1) is 13.8. The molecular formula is C18H16F2N4O5. The highest BCUT2D eigenvalue weighted by Gasteiger charge is 2.31. The molecule has 1 aliphatic heterocycles. The molecule has 0 unspecified atom stereocenters. The van der Waals surface area contributed by atoms with Crippen LogP contribution in [0.5, 0.6) is 5.75 Å². The largest absolute Gasteiger partial charge is 0.503 e. The monoisotopic (exact) mass is 406 g/mol. The Labute approximate surface area is 162 Å². The van der Waals surface area contributed by atoms with Gasteiger partial charge in [-0.05, 0) is 6.07 Å². The minimum absolute atomic E-state index is 0.00439. The third-order valence-corrected chi connectivity index (χ3v) is 4.37. The smallest absolute Gasteiger partial charge is 0.272 e. The standard InChI is InChI=1S/C18H16F2N4O5/c1-21-29-8-11-6-23-18(28)14-16(26)15(25)12(7-24(11)14)17(27)22-5-9-2-3-10(19)4-13(9)20/h2-4,7,11,26H,1,5-6,8H2,(H,22,27)(H,23,28)/t11-/m1/s1. The van der Waals surface area contributed by atoms with E-state index < -0.39 is 46.2 Å². The lowest BCUT2D eigenvalue weighted by molar-refractivity contribution is 0.0806. The third kappa shape index (κ3) is 3.93. The number of nitrogens with one attached hydrogen (secondary N) is 2. The van der Waals surface area contributed by atoms with Gasteiger partial charge in [-0.1, -0.05) is 6.07 Å². The highest BCUT2D eigenvalue weighted by Crippen LogP contribution is 2.22. The van der Waals surface area contributed by atoms with Gasteiger partial charge < -0.3 is 25.1 Å². The first kappa shape index (κ1) is 20.0. The summed E-state index contributed by atoms with van der Waals surface area (Å²) in [6.45, 7) is 2.92. The molecule has 3 N–H and O–H groups in total. The zero-order valence-corrected chi connectivity index (χ0v) is 14.9. The molecule has 1 aliphatic rings. The van der Waals surface area contributed by atoms with Crippen molar-refractivity contribution in [3.05, 3.63) is 63.1 Å². The Balaban J connectivity index is 1.91. The number of fused-ring (bicyclic) bond motifs is 1. The van der Waals surface area contributed by atoms with Gasteiger partial charge in [-0.3, -0.25) is 14.4 Å². The van der Waals surface area contributed by atoms with E-state index in [2.05, 4.69) is 22.5 Å². The fraction of sp³-hybridized carbons (Fsp3) is 0.222. The number of hydrogen-bond donors (Lipinski definition) is 3. The molecule has 3 rings (SSSR count). The number of pyridine rings is 1. The summed E-state index contributed by atoms with van der Waals surface area (Å²) in [5.74, 6) is -4.13. The molecule has 1 atom stereocenters. The SMILES string of the molecule is C=NOC[C@H]1CNC(=O)c2c(O)c(=O)c(C(=O)NCc3ccc(F)cc3F)cn21. The van der Waals surface area contributed by atoms with Crippen LogP contribution in [0.3, 0.4) is 0 Å². The van der Waals surface area contributed by atoms with Crippen molar-refractivity contribution in [1.29, 1.82) is 0 Å². The highest BCUT2D eigenvalue weighted by atomic mass is 19.1. The average Bonchev–Trinajstić information content (AvgIpc) is 2.69. The normalized spacial score (nSPS) is 15.2. The van der Waals surface area contributed by atoms with E-state index in [-0.39, 0.29) is 31.0 Å². The number of aromatic hydroxyl groups is 1. The molecule has 1 aromatic heterocycles. The molecular weight excluding hydrogens is 390 g/mol. The summed E-state index contributed by atoms with van der Waals surface area (Å²) in [5.41, 5.74) is -1.84. The first-order valence-corrected chi connectivity index (χ1v) is 8.40. The summed E-state index contributed by atoms with van der Waals surface area (Å²) in [7, 11) is 0. The topological polar surface area (TPSA) is 122 Å². The van der Waals surface area contributed by atoms with Crippen molar-refractivity contribution in [1.82, 2.24) is 15.2 Å². The molecule has 0 aliphatic carbocycles. The Morgan fingerprint density at radius 2 is 2.17 bits per heavy atom. The zero-order valence-electron chi connectivity index (χ0n) is 14.9. The predicted molar refractivity (Wildman–Crippen MR) is 96.8 cm³/mol. The van der Waals surface area contributed by atoms with Crippen molar-refractivity contribution in [3.8, 4) is 5.75 Å². The first-order valence-electron chi connectivity index (χ1n) is 8.40. The van der Waals surface area contributed by atoms with Crippen LogP contribution < -0.4 is 16.1 Å². The quantitative estimate of drug-likeness (QED) is 0.481. The number of carbonyl (C=O) groups excluding carboxylic acids is 2. The van der Waals surface area contributed by atoms with Crippen molar-refractivity contribution in [3.63, 3.8) is 0 Å². The van der Waals surface area contributed by atoms with Gasteiger partial charge in [0.05, 0.1) is 6.04 Å². The molecule has 1 aromatic carbocycles. The van der Waals surface area contributed by atoms with Crippen LogP contribution in [0.25, 0.3) is 0 Å². The number of aromatic nitrogens is 1. The van der Waals surface area contributed by atoms with Gasteiger partial charge in [-0.15, -0.1) is 5.16 Å². The summed E-state index contributed by atoms with van der Waals surface area (Å²) in [5, 5.41) is 18.3. The van der Waals surface area contributed by atoms with Gasteiger partial charge in [-0.25, -0.2) is 8.78 Å². The van der Waals surface area contributed by atoms with Crippen LogP contribution in [-0.2, 0) is 11.4 Å². The average molecular weight is 406 g/mol. The Morgan fingerprint density at radius 1 is 1.41 bits per heavy atom. The van der Waals surface area contributed by atoms with Gasteiger partial charge in [-0.2, -0.15) is 0 Å². The van der Waals surface area contributed by atoms with E-state index in [0.29, 0.717) is 6.07 Å². The van der Waals surface area contributed by atoms with Crippen LogP contribution in [0.4, 0.5) is 8.78 Å². The predicted octanol–water partition coefficient (Wildman–Crippen LogP) is 0.679. The molecule has 0 bridgehead atoms. The van der Waals surface area contributed by atoms with Gasteiger partial charge >= 0.3 is 0 Å². The molecule has 2 amide bonds. The van der Waals surface area contributed by atoms with Crippen molar-refractivity contribution in [2.45, 2.75) is 12.6 Å². The molecule has 29 heavy (non-hydrogen) atoms. The van der Waals surface area contributed by atoms with E-state index in [1.54, 1.807) is 0 Å². The minimum Gasteiger partial charge on any atom is -0.503 e. The molecule has 0 fully saturated rings. The van der Waals surface area contributed by atoms with Gasteiger partial charge in [0, 0.05) is 37.6 Å². The van der Waals surface area contributed by atoms with Gasteiger partial charge in [0.25, 0.3) is 11.8 Å². The highest BCUT2D eigenvalue weighted by molar-refractivity contribution is 5.99. The number of benzene rings is 1. The summed E-state index contributed by atoms with van der Waals surface area (Å²) in [4.78, 5) is 41.8. The molecule has 0 saturated carbocycles. The lowest BCUT2D eigenvalue weighted by atomic mass is 10.1. The Hall–Kier alpha value is -3.76. The molecule has 0 radical (unpaired) electrons. The van der Waals surface area contributed by atoms with Crippen LogP contribution in [0.1, 0.15) is 32.5 Å².